The number of Topliss-reactive ketones (excluding diaryl/α,β-unsaturated/α-hetero) is 1. The van der Waals surface area contributed by atoms with E-state index in [2.05, 4.69) is 14.7 Å². The number of halogens is 3. The van der Waals surface area contributed by atoms with Crippen molar-refractivity contribution in [3.63, 3.8) is 0 Å². The van der Waals surface area contributed by atoms with Gasteiger partial charge in [0.1, 0.15) is 22.2 Å². The lowest BCUT2D eigenvalue weighted by molar-refractivity contribution is -0.274. The molecular formula is C18H15F3N2O3S. The SMILES string of the molecule is Cc1nc(C)c(-c2csc(CC(=O)Cc3cccc(OC(F)(F)F)c3)n2)o1. The van der Waals surface area contributed by atoms with Crippen molar-refractivity contribution in [1.29, 1.82) is 0 Å². The molecule has 0 aliphatic carbocycles. The largest absolute Gasteiger partial charge is 0.573 e. The molecule has 0 aliphatic heterocycles. The molecule has 3 aromatic rings. The van der Waals surface area contributed by atoms with E-state index in [4.69, 9.17) is 4.42 Å². The minimum atomic E-state index is -4.77. The molecular weight excluding hydrogens is 381 g/mol. The normalized spacial score (nSPS) is 11.6. The molecule has 0 N–H and O–H groups in total. The summed E-state index contributed by atoms with van der Waals surface area (Å²) in [6, 6.07) is 5.39. The number of oxazole rings is 1. The Bertz CT molecular complexity index is 963. The van der Waals surface area contributed by atoms with Crippen molar-refractivity contribution >= 4 is 17.1 Å². The molecule has 9 heteroatoms. The summed E-state index contributed by atoms with van der Waals surface area (Å²) < 4.78 is 46.2. The number of nitrogens with zero attached hydrogens (tertiary/aromatic N) is 2. The Kier molecular flexibility index (Phi) is 5.31. The first-order chi connectivity index (χ1) is 12.7. The van der Waals surface area contributed by atoms with Gasteiger partial charge in [0.25, 0.3) is 0 Å². The van der Waals surface area contributed by atoms with Crippen LogP contribution in [-0.2, 0) is 17.6 Å². The number of benzene rings is 1. The van der Waals surface area contributed by atoms with Gasteiger partial charge in [-0.2, -0.15) is 0 Å². The van der Waals surface area contributed by atoms with E-state index in [9.17, 15) is 18.0 Å². The van der Waals surface area contributed by atoms with Crippen LogP contribution in [0.2, 0.25) is 0 Å². The molecule has 1 aromatic carbocycles. The molecule has 0 spiro atoms. The molecule has 0 atom stereocenters. The first-order valence-corrected chi connectivity index (χ1v) is 8.83. The van der Waals surface area contributed by atoms with Crippen molar-refractivity contribution in [2.45, 2.75) is 33.1 Å². The van der Waals surface area contributed by atoms with E-state index >= 15 is 0 Å². The number of rotatable bonds is 6. The maximum Gasteiger partial charge on any atom is 0.573 e. The quantitative estimate of drug-likeness (QED) is 0.606. The molecule has 0 amide bonds. The number of carbonyl (C=O) groups excluding carboxylic acids is 1. The maximum absolute atomic E-state index is 12.3. The minimum Gasteiger partial charge on any atom is -0.439 e. The van der Waals surface area contributed by atoms with Crippen LogP contribution in [0, 0.1) is 13.8 Å². The summed E-state index contributed by atoms with van der Waals surface area (Å²) in [5.41, 5.74) is 1.78. The maximum atomic E-state index is 12.3. The van der Waals surface area contributed by atoms with Crippen LogP contribution in [0.4, 0.5) is 13.2 Å². The average molecular weight is 396 g/mol. The summed E-state index contributed by atoms with van der Waals surface area (Å²) in [4.78, 5) is 20.8. The van der Waals surface area contributed by atoms with Crippen LogP contribution >= 0.6 is 11.3 Å². The van der Waals surface area contributed by atoms with E-state index in [1.807, 2.05) is 6.92 Å². The zero-order valence-corrected chi connectivity index (χ0v) is 15.3. The summed E-state index contributed by atoms with van der Waals surface area (Å²) >= 11 is 1.32. The van der Waals surface area contributed by atoms with Gasteiger partial charge in [0, 0.05) is 18.7 Å². The molecule has 0 saturated heterocycles. The van der Waals surface area contributed by atoms with E-state index < -0.39 is 6.36 Å². The smallest absolute Gasteiger partial charge is 0.439 e. The van der Waals surface area contributed by atoms with Crippen molar-refractivity contribution in [3.05, 3.63) is 51.8 Å². The van der Waals surface area contributed by atoms with Gasteiger partial charge in [-0.15, -0.1) is 24.5 Å². The number of aryl methyl sites for hydroxylation is 2. The number of carbonyl (C=O) groups is 1. The van der Waals surface area contributed by atoms with E-state index in [0.717, 1.165) is 5.69 Å². The van der Waals surface area contributed by atoms with E-state index in [-0.39, 0.29) is 24.4 Å². The molecule has 2 heterocycles. The summed E-state index contributed by atoms with van der Waals surface area (Å²) in [7, 11) is 0. The van der Waals surface area contributed by atoms with E-state index in [1.54, 1.807) is 18.4 Å². The van der Waals surface area contributed by atoms with Crippen LogP contribution in [0.1, 0.15) is 22.2 Å². The van der Waals surface area contributed by atoms with Gasteiger partial charge in [-0.05, 0) is 24.6 Å². The Morgan fingerprint density at radius 2 is 2.00 bits per heavy atom. The highest BCUT2D eigenvalue weighted by Crippen LogP contribution is 2.27. The average Bonchev–Trinajstić information content (AvgIpc) is 3.11. The highest BCUT2D eigenvalue weighted by molar-refractivity contribution is 7.10. The second kappa shape index (κ2) is 7.51. The van der Waals surface area contributed by atoms with Crippen molar-refractivity contribution in [1.82, 2.24) is 9.97 Å². The number of hydrogen-bond donors (Lipinski definition) is 0. The summed E-state index contributed by atoms with van der Waals surface area (Å²) in [6.45, 7) is 3.55. The molecule has 0 aliphatic rings. The highest BCUT2D eigenvalue weighted by atomic mass is 32.1. The molecule has 0 radical (unpaired) electrons. The van der Waals surface area contributed by atoms with Crippen molar-refractivity contribution in [3.8, 4) is 17.2 Å². The Labute approximate surface area is 156 Å². The number of alkyl halides is 3. The van der Waals surface area contributed by atoms with Gasteiger partial charge in [0.05, 0.1) is 12.1 Å². The van der Waals surface area contributed by atoms with Crippen LogP contribution in [-0.4, -0.2) is 22.1 Å². The van der Waals surface area contributed by atoms with Gasteiger partial charge in [-0.3, -0.25) is 4.79 Å². The van der Waals surface area contributed by atoms with Crippen molar-refractivity contribution in [2.75, 3.05) is 0 Å². The van der Waals surface area contributed by atoms with Gasteiger partial charge >= 0.3 is 6.36 Å². The van der Waals surface area contributed by atoms with Gasteiger partial charge in [-0.25, -0.2) is 9.97 Å². The molecule has 3 rings (SSSR count). The standard InChI is InChI=1S/C18H15F3N2O3S/c1-10-17(25-11(2)22-10)15-9-27-16(23-15)8-13(24)6-12-4-3-5-14(7-12)26-18(19,20)21/h3-5,7,9H,6,8H2,1-2H3. The van der Waals surface area contributed by atoms with E-state index in [1.165, 1.54) is 29.5 Å². The Morgan fingerprint density at radius 3 is 2.67 bits per heavy atom. The monoisotopic (exact) mass is 396 g/mol. The zero-order chi connectivity index (χ0) is 19.6. The fraction of sp³-hybridized carbons (Fsp3) is 0.278. The number of thiazole rings is 1. The van der Waals surface area contributed by atoms with E-state index in [0.29, 0.717) is 27.9 Å². The molecule has 5 nitrogen and oxygen atoms in total. The number of ether oxygens (including phenoxy) is 1. The molecule has 0 unspecified atom stereocenters. The number of ketones is 1. The Hall–Kier alpha value is -2.68. The molecule has 142 valence electrons. The van der Waals surface area contributed by atoms with Crippen LogP contribution in [0.25, 0.3) is 11.5 Å². The fourth-order valence-corrected chi connectivity index (χ4v) is 3.38. The second-order valence-electron chi connectivity index (χ2n) is 5.86. The third kappa shape index (κ3) is 5.16. The third-order valence-corrected chi connectivity index (χ3v) is 4.42. The summed E-state index contributed by atoms with van der Waals surface area (Å²) in [5.74, 6) is 0.597. The second-order valence-corrected chi connectivity index (χ2v) is 6.80. The molecule has 27 heavy (non-hydrogen) atoms. The van der Waals surface area contributed by atoms with Gasteiger partial charge in [0.2, 0.25) is 0 Å². The molecule has 0 fully saturated rings. The fourth-order valence-electron chi connectivity index (χ4n) is 2.58. The molecule has 2 aromatic heterocycles. The lowest BCUT2D eigenvalue weighted by Gasteiger charge is -2.09. The number of aromatic nitrogens is 2. The summed E-state index contributed by atoms with van der Waals surface area (Å²) in [6.07, 6.45) is -4.69. The van der Waals surface area contributed by atoms with Crippen LogP contribution < -0.4 is 4.74 Å². The lowest BCUT2D eigenvalue weighted by atomic mass is 10.1. The van der Waals surface area contributed by atoms with Crippen molar-refractivity contribution in [2.24, 2.45) is 0 Å². The summed E-state index contributed by atoms with van der Waals surface area (Å²) in [5, 5.41) is 2.39. The zero-order valence-electron chi connectivity index (χ0n) is 14.5. The van der Waals surface area contributed by atoms with Crippen LogP contribution in [0.5, 0.6) is 5.75 Å². The predicted molar refractivity (Wildman–Crippen MR) is 92.6 cm³/mol. The van der Waals surface area contributed by atoms with Crippen LogP contribution in [0.3, 0.4) is 0 Å². The van der Waals surface area contributed by atoms with Gasteiger partial charge < -0.3 is 9.15 Å². The topological polar surface area (TPSA) is 65.2 Å². The molecule has 0 saturated carbocycles. The third-order valence-electron chi connectivity index (χ3n) is 3.57. The highest BCUT2D eigenvalue weighted by Gasteiger charge is 2.31. The molecule has 0 bridgehead atoms. The van der Waals surface area contributed by atoms with Gasteiger partial charge in [-0.1, -0.05) is 12.1 Å². The minimum absolute atomic E-state index is 0.00951. The predicted octanol–water partition coefficient (Wildman–Crippen LogP) is 4.67. The van der Waals surface area contributed by atoms with Crippen LogP contribution in [0.15, 0.2) is 34.1 Å². The Morgan fingerprint density at radius 1 is 1.22 bits per heavy atom. The van der Waals surface area contributed by atoms with Gasteiger partial charge in [0.15, 0.2) is 11.7 Å². The first-order valence-electron chi connectivity index (χ1n) is 7.95. The van der Waals surface area contributed by atoms with Crippen molar-refractivity contribution < 1.29 is 27.1 Å². The first kappa shape index (κ1) is 19.1. The Balaban J connectivity index is 1.65. The lowest BCUT2D eigenvalue weighted by Crippen LogP contribution is -2.17. The number of hydrogen-bond acceptors (Lipinski definition) is 6.